The summed E-state index contributed by atoms with van der Waals surface area (Å²) >= 11 is 0. The Kier molecular flexibility index (Phi) is 3.99. The van der Waals surface area contributed by atoms with Crippen LogP contribution >= 0.6 is 0 Å². The molecule has 0 radical (unpaired) electrons. The van der Waals surface area contributed by atoms with Crippen molar-refractivity contribution in [1.29, 1.82) is 0 Å². The summed E-state index contributed by atoms with van der Waals surface area (Å²) in [6, 6.07) is 4.45. The van der Waals surface area contributed by atoms with Crippen LogP contribution < -0.4 is 10.6 Å². The summed E-state index contributed by atoms with van der Waals surface area (Å²) in [5.74, 6) is -0.175. The van der Waals surface area contributed by atoms with Crippen LogP contribution in [0.2, 0.25) is 0 Å². The van der Waals surface area contributed by atoms with Gasteiger partial charge >= 0.3 is 0 Å². The van der Waals surface area contributed by atoms with Gasteiger partial charge in [-0.25, -0.2) is 0 Å². The summed E-state index contributed by atoms with van der Waals surface area (Å²) in [5.41, 5.74) is 5.40. The highest BCUT2D eigenvalue weighted by atomic mass is 16.6. The maximum absolute atomic E-state index is 11.2. The van der Waals surface area contributed by atoms with Gasteiger partial charge < -0.3 is 20.9 Å². The van der Waals surface area contributed by atoms with Crippen molar-refractivity contribution in [2.45, 2.75) is 25.4 Å². The number of oxime groups is 1. The van der Waals surface area contributed by atoms with Gasteiger partial charge in [0.1, 0.15) is 5.69 Å². The van der Waals surface area contributed by atoms with Crippen molar-refractivity contribution in [3.05, 3.63) is 33.9 Å². The molecule has 8 nitrogen and oxygen atoms in total. The van der Waals surface area contributed by atoms with Crippen molar-refractivity contribution < 1.29 is 15.2 Å². The fourth-order valence-corrected chi connectivity index (χ4v) is 2.38. The van der Waals surface area contributed by atoms with Crippen LogP contribution in [0.25, 0.3) is 0 Å². The molecule has 1 saturated heterocycles. The molecule has 1 aliphatic rings. The second-order valence-corrected chi connectivity index (χ2v) is 5.43. The van der Waals surface area contributed by atoms with E-state index in [1.807, 2.05) is 4.90 Å². The number of nitro benzene ring substituents is 1. The molecule has 1 aliphatic heterocycles. The number of anilines is 1. The lowest BCUT2D eigenvalue weighted by Crippen LogP contribution is -2.42. The van der Waals surface area contributed by atoms with Crippen molar-refractivity contribution >= 4 is 17.2 Å². The van der Waals surface area contributed by atoms with E-state index in [9.17, 15) is 15.2 Å². The van der Waals surface area contributed by atoms with Crippen molar-refractivity contribution in [1.82, 2.24) is 0 Å². The minimum Gasteiger partial charge on any atom is -0.409 e. The van der Waals surface area contributed by atoms with Crippen LogP contribution in [-0.2, 0) is 0 Å². The molecule has 8 heteroatoms. The Bertz CT molecular complexity index is 576. The van der Waals surface area contributed by atoms with E-state index >= 15 is 0 Å². The third-order valence-electron chi connectivity index (χ3n) is 3.76. The molecule has 0 spiro atoms. The van der Waals surface area contributed by atoms with Crippen molar-refractivity contribution in [2.75, 3.05) is 18.0 Å². The number of benzene rings is 1. The number of hydrogen-bond acceptors (Lipinski definition) is 6. The molecular formula is C13H18N4O4. The molecule has 1 aromatic carbocycles. The summed E-state index contributed by atoms with van der Waals surface area (Å²) < 4.78 is 0. The van der Waals surface area contributed by atoms with Crippen LogP contribution in [-0.4, -0.2) is 39.8 Å². The zero-order valence-corrected chi connectivity index (χ0v) is 11.7. The smallest absolute Gasteiger partial charge is 0.293 e. The molecule has 0 atom stereocenters. The first-order valence-corrected chi connectivity index (χ1v) is 6.58. The average molecular weight is 294 g/mol. The van der Waals surface area contributed by atoms with E-state index < -0.39 is 10.5 Å². The third kappa shape index (κ3) is 3.22. The van der Waals surface area contributed by atoms with Gasteiger partial charge in [-0.05, 0) is 31.9 Å². The lowest BCUT2D eigenvalue weighted by molar-refractivity contribution is -0.384. The van der Waals surface area contributed by atoms with Crippen LogP contribution in [0.15, 0.2) is 23.4 Å². The monoisotopic (exact) mass is 294 g/mol. The lowest BCUT2D eigenvalue weighted by atomic mass is 9.93. The molecule has 1 aromatic rings. The standard InChI is InChI=1S/C13H18N4O4/c1-13(18)4-6-16(7-5-13)10-3-2-9(12(14)15-19)8-11(10)17(20)21/h2-3,8,18-19H,4-7H2,1H3,(H2,14,15). The highest BCUT2D eigenvalue weighted by Crippen LogP contribution is 2.33. The third-order valence-corrected chi connectivity index (χ3v) is 3.76. The molecule has 0 unspecified atom stereocenters. The van der Waals surface area contributed by atoms with Crippen LogP contribution in [0.3, 0.4) is 0 Å². The lowest BCUT2D eigenvalue weighted by Gasteiger charge is -2.36. The maximum atomic E-state index is 11.2. The number of amidine groups is 1. The first-order valence-electron chi connectivity index (χ1n) is 6.58. The molecular weight excluding hydrogens is 276 g/mol. The first-order chi connectivity index (χ1) is 9.84. The Labute approximate surface area is 121 Å². The molecule has 1 heterocycles. The summed E-state index contributed by atoms with van der Waals surface area (Å²) in [6.45, 7) is 2.84. The van der Waals surface area contributed by atoms with Gasteiger partial charge in [-0.1, -0.05) is 5.16 Å². The molecule has 114 valence electrons. The Morgan fingerprint density at radius 2 is 2.10 bits per heavy atom. The normalized spacial score (nSPS) is 18.6. The fraction of sp³-hybridized carbons (Fsp3) is 0.462. The van der Waals surface area contributed by atoms with E-state index in [0.717, 1.165) is 0 Å². The van der Waals surface area contributed by atoms with Crippen LogP contribution in [0.5, 0.6) is 0 Å². The van der Waals surface area contributed by atoms with Gasteiger partial charge in [0.2, 0.25) is 0 Å². The minimum atomic E-state index is -0.723. The summed E-state index contributed by atoms with van der Waals surface area (Å²) in [5, 5.41) is 32.7. The van der Waals surface area contributed by atoms with Crippen LogP contribution in [0.1, 0.15) is 25.3 Å². The topological polar surface area (TPSA) is 125 Å². The Hall–Kier alpha value is -2.35. The number of piperidine rings is 1. The SMILES string of the molecule is CC1(O)CCN(c2ccc(/C(N)=N/O)cc2[N+](=O)[O-])CC1. The second kappa shape index (κ2) is 5.57. The van der Waals surface area contributed by atoms with Gasteiger partial charge in [0.05, 0.1) is 10.5 Å². The Morgan fingerprint density at radius 1 is 1.48 bits per heavy atom. The predicted octanol–water partition coefficient (Wildman–Crippen LogP) is 1.04. The molecule has 4 N–H and O–H groups in total. The van der Waals surface area contributed by atoms with E-state index in [4.69, 9.17) is 10.9 Å². The Morgan fingerprint density at radius 3 is 2.62 bits per heavy atom. The van der Waals surface area contributed by atoms with E-state index in [2.05, 4.69) is 5.16 Å². The van der Waals surface area contributed by atoms with Gasteiger partial charge in [-0.15, -0.1) is 0 Å². The van der Waals surface area contributed by atoms with E-state index in [0.29, 0.717) is 31.6 Å². The van der Waals surface area contributed by atoms with E-state index in [-0.39, 0.29) is 17.1 Å². The molecule has 0 aliphatic carbocycles. The van der Waals surface area contributed by atoms with Gasteiger partial charge in [0.15, 0.2) is 5.84 Å². The van der Waals surface area contributed by atoms with Gasteiger partial charge in [0.25, 0.3) is 5.69 Å². The number of nitrogens with zero attached hydrogens (tertiary/aromatic N) is 3. The number of hydrogen-bond donors (Lipinski definition) is 3. The number of nitrogens with two attached hydrogens (primary N) is 1. The van der Waals surface area contributed by atoms with Crippen molar-refractivity contribution in [3.63, 3.8) is 0 Å². The van der Waals surface area contributed by atoms with Crippen LogP contribution in [0, 0.1) is 10.1 Å². The number of aliphatic hydroxyl groups is 1. The van der Waals surface area contributed by atoms with Crippen LogP contribution in [0.4, 0.5) is 11.4 Å². The summed E-state index contributed by atoms with van der Waals surface area (Å²) in [6.07, 6.45) is 1.10. The van der Waals surface area contributed by atoms with E-state index in [1.54, 1.807) is 19.1 Å². The molecule has 0 bridgehead atoms. The fourth-order valence-electron chi connectivity index (χ4n) is 2.38. The molecule has 0 aromatic heterocycles. The van der Waals surface area contributed by atoms with Crippen molar-refractivity contribution in [3.8, 4) is 0 Å². The second-order valence-electron chi connectivity index (χ2n) is 5.43. The first kappa shape index (κ1) is 15.0. The molecule has 21 heavy (non-hydrogen) atoms. The quantitative estimate of drug-likeness (QED) is 0.251. The van der Waals surface area contributed by atoms with Gasteiger partial charge in [0, 0.05) is 24.7 Å². The highest BCUT2D eigenvalue weighted by Gasteiger charge is 2.30. The summed E-state index contributed by atoms with van der Waals surface area (Å²) in [4.78, 5) is 12.6. The highest BCUT2D eigenvalue weighted by molar-refractivity contribution is 5.98. The van der Waals surface area contributed by atoms with Crippen molar-refractivity contribution in [2.24, 2.45) is 10.9 Å². The maximum Gasteiger partial charge on any atom is 0.293 e. The average Bonchev–Trinajstić information content (AvgIpc) is 2.46. The largest absolute Gasteiger partial charge is 0.409 e. The van der Waals surface area contributed by atoms with Gasteiger partial charge in [-0.3, -0.25) is 10.1 Å². The zero-order valence-electron chi connectivity index (χ0n) is 11.7. The summed E-state index contributed by atoms with van der Waals surface area (Å²) in [7, 11) is 0. The molecule has 0 saturated carbocycles. The van der Waals surface area contributed by atoms with E-state index in [1.165, 1.54) is 6.07 Å². The number of rotatable bonds is 3. The molecule has 0 amide bonds. The van der Waals surface area contributed by atoms with Gasteiger partial charge in [-0.2, -0.15) is 0 Å². The molecule has 1 fully saturated rings. The minimum absolute atomic E-state index is 0.0966. The predicted molar refractivity (Wildman–Crippen MR) is 77.7 cm³/mol. The number of nitro groups is 1. The zero-order chi connectivity index (χ0) is 15.6. The Balaban J connectivity index is 2.34. The molecule has 2 rings (SSSR count).